The molecule has 0 bridgehead atoms. The van der Waals surface area contributed by atoms with Crippen molar-refractivity contribution in [1.29, 1.82) is 0 Å². The van der Waals surface area contributed by atoms with E-state index in [0.717, 1.165) is 32.5 Å². The van der Waals surface area contributed by atoms with Crippen molar-refractivity contribution >= 4 is 11.8 Å². The molecule has 0 radical (unpaired) electrons. The molecule has 2 N–H and O–H groups in total. The predicted octanol–water partition coefficient (Wildman–Crippen LogP) is 1.32. The van der Waals surface area contributed by atoms with Gasteiger partial charge in [0, 0.05) is 31.0 Å². The lowest BCUT2D eigenvalue weighted by Crippen LogP contribution is -2.49. The minimum Gasteiger partial charge on any atom is -0.348 e. The van der Waals surface area contributed by atoms with Gasteiger partial charge in [-0.05, 0) is 70.3 Å². The molecule has 0 atom stereocenters. The number of nitrogens with zero attached hydrogens (tertiary/aromatic N) is 2. The highest BCUT2D eigenvalue weighted by molar-refractivity contribution is 6.35. The normalized spacial score (nSPS) is 16.6. The molecule has 1 aliphatic heterocycles. The summed E-state index contributed by atoms with van der Waals surface area (Å²) in [7, 11) is 0. The molecule has 6 heteroatoms. The lowest BCUT2D eigenvalue weighted by Gasteiger charge is -2.32. The molecule has 132 valence electrons. The van der Waals surface area contributed by atoms with Gasteiger partial charge in [-0.1, -0.05) is 0 Å². The Bertz CT molecular complexity index is 546. The van der Waals surface area contributed by atoms with E-state index in [1.54, 1.807) is 0 Å². The van der Waals surface area contributed by atoms with Crippen molar-refractivity contribution < 1.29 is 9.59 Å². The fourth-order valence-corrected chi connectivity index (χ4v) is 2.81. The summed E-state index contributed by atoms with van der Waals surface area (Å²) in [5.41, 5.74) is 0.878. The summed E-state index contributed by atoms with van der Waals surface area (Å²) in [6.45, 7) is 9.10. The second-order valence-electron chi connectivity index (χ2n) is 7.49. The number of piperidine rings is 1. The highest BCUT2D eigenvalue weighted by Crippen LogP contribution is 2.18. The van der Waals surface area contributed by atoms with Crippen molar-refractivity contribution in [3.8, 4) is 0 Å². The number of hydrogen-bond acceptors (Lipinski definition) is 4. The van der Waals surface area contributed by atoms with Crippen LogP contribution in [-0.4, -0.2) is 46.9 Å². The van der Waals surface area contributed by atoms with Crippen molar-refractivity contribution in [1.82, 2.24) is 20.5 Å². The van der Waals surface area contributed by atoms with Crippen LogP contribution in [-0.2, 0) is 16.1 Å². The van der Waals surface area contributed by atoms with Gasteiger partial charge < -0.3 is 10.6 Å². The fourth-order valence-electron chi connectivity index (χ4n) is 2.81. The molecule has 0 unspecified atom stereocenters. The zero-order valence-electron chi connectivity index (χ0n) is 14.8. The third kappa shape index (κ3) is 6.28. The minimum atomic E-state index is -0.558. The summed E-state index contributed by atoms with van der Waals surface area (Å²) >= 11 is 0. The first-order valence-corrected chi connectivity index (χ1v) is 8.55. The maximum Gasteiger partial charge on any atom is 0.309 e. The smallest absolute Gasteiger partial charge is 0.309 e. The molecule has 0 spiro atoms. The van der Waals surface area contributed by atoms with Crippen molar-refractivity contribution in [3.63, 3.8) is 0 Å². The molecule has 0 aliphatic carbocycles. The Morgan fingerprint density at radius 3 is 2.38 bits per heavy atom. The van der Waals surface area contributed by atoms with Gasteiger partial charge in [-0.3, -0.25) is 19.5 Å². The third-order valence-electron chi connectivity index (χ3n) is 4.11. The summed E-state index contributed by atoms with van der Waals surface area (Å²) in [6, 6.07) is 4.08. The van der Waals surface area contributed by atoms with E-state index < -0.39 is 17.4 Å². The van der Waals surface area contributed by atoms with Crippen LogP contribution in [0.4, 0.5) is 0 Å². The van der Waals surface area contributed by atoms with E-state index >= 15 is 0 Å². The number of likely N-dealkylation sites (tertiary alicyclic amines) is 1. The maximum atomic E-state index is 11.8. The molecule has 2 heterocycles. The van der Waals surface area contributed by atoms with Gasteiger partial charge in [0.15, 0.2) is 0 Å². The van der Waals surface area contributed by atoms with E-state index in [0.29, 0.717) is 12.5 Å². The molecule has 1 saturated heterocycles. The molecule has 1 fully saturated rings. The van der Waals surface area contributed by atoms with Gasteiger partial charge in [-0.15, -0.1) is 0 Å². The van der Waals surface area contributed by atoms with Gasteiger partial charge in [0.25, 0.3) is 0 Å². The summed E-state index contributed by atoms with van der Waals surface area (Å²) in [4.78, 5) is 30.0. The van der Waals surface area contributed by atoms with Crippen LogP contribution in [0.25, 0.3) is 0 Å². The second-order valence-corrected chi connectivity index (χ2v) is 7.49. The quantitative estimate of drug-likeness (QED) is 0.816. The molecule has 0 aromatic carbocycles. The zero-order valence-corrected chi connectivity index (χ0v) is 14.8. The van der Waals surface area contributed by atoms with E-state index in [-0.39, 0.29) is 0 Å². The van der Waals surface area contributed by atoms with Crippen LogP contribution in [0.1, 0.15) is 39.2 Å². The lowest BCUT2D eigenvalue weighted by atomic mass is 9.96. The minimum absolute atomic E-state index is 0.396. The van der Waals surface area contributed by atoms with Gasteiger partial charge >= 0.3 is 11.8 Å². The SMILES string of the molecule is CC(C)(C)NC(=O)C(=O)NCC1CCN(Cc2ccncc2)CC1. The van der Waals surface area contributed by atoms with Crippen LogP contribution < -0.4 is 10.6 Å². The van der Waals surface area contributed by atoms with Gasteiger partial charge in [-0.25, -0.2) is 0 Å². The van der Waals surface area contributed by atoms with E-state index in [9.17, 15) is 9.59 Å². The number of rotatable bonds is 4. The topological polar surface area (TPSA) is 74.3 Å². The number of pyridine rings is 1. The fraction of sp³-hybridized carbons (Fsp3) is 0.611. The first-order valence-electron chi connectivity index (χ1n) is 8.55. The van der Waals surface area contributed by atoms with E-state index in [4.69, 9.17) is 0 Å². The predicted molar refractivity (Wildman–Crippen MR) is 93.1 cm³/mol. The number of hydrogen-bond donors (Lipinski definition) is 2. The van der Waals surface area contributed by atoms with Gasteiger partial charge in [-0.2, -0.15) is 0 Å². The van der Waals surface area contributed by atoms with Crippen LogP contribution in [0.3, 0.4) is 0 Å². The summed E-state index contributed by atoms with van der Waals surface area (Å²) in [5, 5.41) is 5.44. The number of amides is 2. The molecule has 6 nitrogen and oxygen atoms in total. The van der Waals surface area contributed by atoms with Gasteiger partial charge in [0.2, 0.25) is 0 Å². The first kappa shape index (κ1) is 18.4. The van der Waals surface area contributed by atoms with E-state index in [1.807, 2.05) is 45.3 Å². The molecule has 0 saturated carbocycles. The Kier molecular flexibility index (Phi) is 6.31. The van der Waals surface area contributed by atoms with E-state index in [1.165, 1.54) is 5.56 Å². The average Bonchev–Trinajstić information content (AvgIpc) is 2.53. The van der Waals surface area contributed by atoms with Gasteiger partial charge in [0.1, 0.15) is 0 Å². The molecule has 2 amide bonds. The van der Waals surface area contributed by atoms with Crippen molar-refractivity contribution in [2.45, 2.75) is 45.7 Å². The van der Waals surface area contributed by atoms with Crippen LogP contribution in [0.5, 0.6) is 0 Å². The molecule has 24 heavy (non-hydrogen) atoms. The summed E-state index contributed by atoms with van der Waals surface area (Å²) in [5.74, 6) is -0.660. The Hall–Kier alpha value is -1.95. The Morgan fingerprint density at radius 2 is 1.79 bits per heavy atom. The van der Waals surface area contributed by atoms with Crippen molar-refractivity contribution in [2.75, 3.05) is 19.6 Å². The van der Waals surface area contributed by atoms with Crippen LogP contribution >= 0.6 is 0 Å². The highest BCUT2D eigenvalue weighted by atomic mass is 16.2. The number of carbonyl (C=O) groups excluding carboxylic acids is 2. The zero-order chi connectivity index (χ0) is 17.6. The first-order chi connectivity index (χ1) is 11.3. The Morgan fingerprint density at radius 1 is 1.17 bits per heavy atom. The largest absolute Gasteiger partial charge is 0.348 e. The lowest BCUT2D eigenvalue weighted by molar-refractivity contribution is -0.140. The molecule has 1 aromatic heterocycles. The highest BCUT2D eigenvalue weighted by Gasteiger charge is 2.23. The Balaban J connectivity index is 1.68. The number of nitrogens with one attached hydrogen (secondary N) is 2. The van der Waals surface area contributed by atoms with Crippen LogP contribution in [0.15, 0.2) is 24.5 Å². The standard InChI is InChI=1S/C18H28N4O2/c1-18(2,3)21-17(24)16(23)20-12-14-6-10-22(11-7-14)13-15-4-8-19-9-5-15/h4-5,8-9,14H,6-7,10-13H2,1-3H3,(H,20,23)(H,21,24). The monoisotopic (exact) mass is 332 g/mol. The van der Waals surface area contributed by atoms with E-state index in [2.05, 4.69) is 20.5 Å². The number of carbonyl (C=O) groups is 2. The van der Waals surface area contributed by atoms with Crippen molar-refractivity contribution in [2.24, 2.45) is 5.92 Å². The average molecular weight is 332 g/mol. The molecule has 1 aliphatic rings. The van der Waals surface area contributed by atoms with Gasteiger partial charge in [0.05, 0.1) is 0 Å². The number of aromatic nitrogens is 1. The second kappa shape index (κ2) is 8.24. The van der Waals surface area contributed by atoms with Crippen LogP contribution in [0.2, 0.25) is 0 Å². The Labute approximate surface area is 144 Å². The maximum absolute atomic E-state index is 11.8. The third-order valence-corrected chi connectivity index (χ3v) is 4.11. The summed E-state index contributed by atoms with van der Waals surface area (Å²) in [6.07, 6.45) is 5.71. The van der Waals surface area contributed by atoms with Crippen LogP contribution in [0, 0.1) is 5.92 Å². The molecule has 2 rings (SSSR count). The molecule has 1 aromatic rings. The molecular formula is C18H28N4O2. The summed E-state index contributed by atoms with van der Waals surface area (Å²) < 4.78 is 0. The molecular weight excluding hydrogens is 304 g/mol. The van der Waals surface area contributed by atoms with Crippen molar-refractivity contribution in [3.05, 3.63) is 30.1 Å².